The van der Waals surface area contributed by atoms with Crippen molar-refractivity contribution in [2.75, 3.05) is 11.9 Å². The SMILES string of the molecule is CCCCNc1nc(C)cn1-c1ccc(F)cc1I. The second-order valence-electron chi connectivity index (χ2n) is 4.45. The van der Waals surface area contributed by atoms with Crippen LogP contribution in [0.4, 0.5) is 10.3 Å². The van der Waals surface area contributed by atoms with Crippen molar-refractivity contribution < 1.29 is 4.39 Å². The molecule has 0 bridgehead atoms. The van der Waals surface area contributed by atoms with E-state index in [0.29, 0.717) is 0 Å². The van der Waals surface area contributed by atoms with Crippen LogP contribution < -0.4 is 5.32 Å². The first-order valence-corrected chi connectivity index (χ1v) is 7.45. The molecule has 0 saturated carbocycles. The second kappa shape index (κ2) is 6.36. The van der Waals surface area contributed by atoms with Gasteiger partial charge >= 0.3 is 0 Å². The van der Waals surface area contributed by atoms with E-state index in [1.165, 1.54) is 12.1 Å². The number of halogens is 2. The number of rotatable bonds is 5. The van der Waals surface area contributed by atoms with Crippen LogP contribution >= 0.6 is 22.6 Å². The van der Waals surface area contributed by atoms with E-state index < -0.39 is 0 Å². The van der Waals surface area contributed by atoms with E-state index in [-0.39, 0.29) is 5.82 Å². The lowest BCUT2D eigenvalue weighted by Crippen LogP contribution is -2.08. The second-order valence-corrected chi connectivity index (χ2v) is 5.61. The molecule has 0 aliphatic carbocycles. The number of anilines is 1. The van der Waals surface area contributed by atoms with Gasteiger partial charge in [0.1, 0.15) is 5.82 Å². The molecule has 3 nitrogen and oxygen atoms in total. The Labute approximate surface area is 126 Å². The summed E-state index contributed by atoms with van der Waals surface area (Å²) >= 11 is 2.14. The summed E-state index contributed by atoms with van der Waals surface area (Å²) in [4.78, 5) is 4.48. The zero-order valence-corrected chi connectivity index (χ0v) is 13.2. The summed E-state index contributed by atoms with van der Waals surface area (Å²) in [7, 11) is 0. The molecule has 0 fully saturated rings. The molecule has 1 aromatic heterocycles. The fourth-order valence-corrected chi connectivity index (χ4v) is 2.60. The molecule has 0 radical (unpaired) electrons. The smallest absolute Gasteiger partial charge is 0.207 e. The fourth-order valence-electron chi connectivity index (χ4n) is 1.86. The van der Waals surface area contributed by atoms with E-state index in [0.717, 1.165) is 40.3 Å². The molecule has 102 valence electrons. The fraction of sp³-hybridized carbons (Fsp3) is 0.357. The largest absolute Gasteiger partial charge is 0.355 e. The highest BCUT2D eigenvalue weighted by Crippen LogP contribution is 2.22. The van der Waals surface area contributed by atoms with Gasteiger partial charge in [-0.1, -0.05) is 13.3 Å². The summed E-state index contributed by atoms with van der Waals surface area (Å²) in [5, 5.41) is 3.33. The molecule has 0 amide bonds. The molecule has 0 aliphatic rings. The maximum absolute atomic E-state index is 13.2. The van der Waals surface area contributed by atoms with Crippen molar-refractivity contribution in [2.24, 2.45) is 0 Å². The Balaban J connectivity index is 2.32. The van der Waals surface area contributed by atoms with Crippen LogP contribution in [0.5, 0.6) is 0 Å². The Bertz CT molecular complexity index is 566. The average Bonchev–Trinajstić information content (AvgIpc) is 2.71. The van der Waals surface area contributed by atoms with Crippen molar-refractivity contribution >= 4 is 28.5 Å². The van der Waals surface area contributed by atoms with Gasteiger partial charge in [-0.2, -0.15) is 0 Å². The van der Waals surface area contributed by atoms with Gasteiger partial charge in [-0.15, -0.1) is 0 Å². The number of aryl methyl sites for hydroxylation is 1. The van der Waals surface area contributed by atoms with Crippen LogP contribution in [0.3, 0.4) is 0 Å². The lowest BCUT2D eigenvalue weighted by Gasteiger charge is -2.11. The topological polar surface area (TPSA) is 29.9 Å². The van der Waals surface area contributed by atoms with E-state index >= 15 is 0 Å². The quantitative estimate of drug-likeness (QED) is 0.631. The van der Waals surface area contributed by atoms with Crippen LogP contribution in [0.25, 0.3) is 5.69 Å². The van der Waals surface area contributed by atoms with Gasteiger partial charge in [0, 0.05) is 16.3 Å². The van der Waals surface area contributed by atoms with Crippen LogP contribution in [-0.2, 0) is 0 Å². The molecule has 0 aliphatic heterocycles. The highest BCUT2D eigenvalue weighted by Gasteiger charge is 2.10. The van der Waals surface area contributed by atoms with Gasteiger partial charge in [0.05, 0.1) is 11.4 Å². The first-order valence-electron chi connectivity index (χ1n) is 6.37. The maximum atomic E-state index is 13.2. The van der Waals surface area contributed by atoms with Gasteiger partial charge < -0.3 is 5.32 Å². The van der Waals surface area contributed by atoms with Crippen LogP contribution in [0.2, 0.25) is 0 Å². The summed E-state index contributed by atoms with van der Waals surface area (Å²) in [6.07, 6.45) is 4.21. The van der Waals surface area contributed by atoms with Gasteiger partial charge in [0.15, 0.2) is 0 Å². The number of hydrogen-bond acceptors (Lipinski definition) is 2. The standard InChI is InChI=1S/C14H17FIN3/c1-3-4-7-17-14-18-10(2)9-19(14)13-6-5-11(15)8-12(13)16/h5-6,8-9H,3-4,7H2,1-2H3,(H,17,18). The Morgan fingerprint density at radius 2 is 2.21 bits per heavy atom. The van der Waals surface area contributed by atoms with Gasteiger partial charge in [-0.25, -0.2) is 9.37 Å². The summed E-state index contributed by atoms with van der Waals surface area (Å²) in [6, 6.07) is 4.78. The molecule has 19 heavy (non-hydrogen) atoms. The molecule has 0 atom stereocenters. The average molecular weight is 373 g/mol. The van der Waals surface area contributed by atoms with Crippen LogP contribution in [0.15, 0.2) is 24.4 Å². The number of unbranched alkanes of at least 4 members (excludes halogenated alkanes) is 1. The van der Waals surface area contributed by atoms with E-state index in [1.54, 1.807) is 6.07 Å². The number of aromatic nitrogens is 2. The van der Waals surface area contributed by atoms with Crippen molar-refractivity contribution in [3.05, 3.63) is 39.5 Å². The molecule has 2 rings (SSSR count). The van der Waals surface area contributed by atoms with Gasteiger partial charge in [-0.3, -0.25) is 4.57 Å². The number of nitrogens with zero attached hydrogens (tertiary/aromatic N) is 2. The van der Waals surface area contributed by atoms with Crippen molar-refractivity contribution in [2.45, 2.75) is 26.7 Å². The number of nitrogens with one attached hydrogen (secondary N) is 1. The van der Waals surface area contributed by atoms with E-state index in [9.17, 15) is 4.39 Å². The van der Waals surface area contributed by atoms with E-state index in [2.05, 4.69) is 39.8 Å². The summed E-state index contributed by atoms with van der Waals surface area (Å²) in [5.74, 6) is 0.598. The summed E-state index contributed by atoms with van der Waals surface area (Å²) < 4.78 is 16.0. The van der Waals surface area contributed by atoms with Gasteiger partial charge in [0.25, 0.3) is 0 Å². The van der Waals surface area contributed by atoms with E-state index in [4.69, 9.17) is 0 Å². The van der Waals surface area contributed by atoms with Crippen molar-refractivity contribution in [1.29, 1.82) is 0 Å². The molecule has 1 N–H and O–H groups in total. The van der Waals surface area contributed by atoms with E-state index in [1.807, 2.05) is 17.7 Å². The molecule has 5 heteroatoms. The molecule has 2 aromatic rings. The minimum absolute atomic E-state index is 0.217. The molecule has 1 heterocycles. The van der Waals surface area contributed by atoms with Crippen LogP contribution in [-0.4, -0.2) is 16.1 Å². The monoisotopic (exact) mass is 373 g/mol. The Morgan fingerprint density at radius 1 is 1.42 bits per heavy atom. The summed E-state index contributed by atoms with van der Waals surface area (Å²) in [6.45, 7) is 5.00. The molecule has 1 aromatic carbocycles. The molecular weight excluding hydrogens is 356 g/mol. The van der Waals surface area contributed by atoms with Gasteiger partial charge in [-0.05, 0) is 54.1 Å². The van der Waals surface area contributed by atoms with Crippen molar-refractivity contribution in [1.82, 2.24) is 9.55 Å². The predicted molar refractivity (Wildman–Crippen MR) is 84.4 cm³/mol. The van der Waals surface area contributed by atoms with Crippen LogP contribution in [0.1, 0.15) is 25.5 Å². The number of imidazole rings is 1. The van der Waals surface area contributed by atoms with Crippen molar-refractivity contribution in [3.8, 4) is 5.69 Å². The third kappa shape index (κ3) is 3.46. The number of hydrogen-bond donors (Lipinski definition) is 1. The van der Waals surface area contributed by atoms with Gasteiger partial charge in [0.2, 0.25) is 5.95 Å². The minimum Gasteiger partial charge on any atom is -0.355 e. The first-order chi connectivity index (χ1) is 9.11. The Kier molecular flexibility index (Phi) is 4.79. The zero-order valence-electron chi connectivity index (χ0n) is 11.1. The number of benzene rings is 1. The minimum atomic E-state index is -0.217. The maximum Gasteiger partial charge on any atom is 0.207 e. The first kappa shape index (κ1) is 14.3. The lowest BCUT2D eigenvalue weighted by molar-refractivity contribution is 0.626. The van der Waals surface area contributed by atoms with Crippen molar-refractivity contribution in [3.63, 3.8) is 0 Å². The predicted octanol–water partition coefficient (Wildman–Crippen LogP) is 4.14. The lowest BCUT2D eigenvalue weighted by atomic mass is 10.3. The molecular formula is C14H17FIN3. The molecule has 0 saturated heterocycles. The zero-order chi connectivity index (χ0) is 13.8. The molecule has 0 unspecified atom stereocenters. The highest BCUT2D eigenvalue weighted by atomic mass is 127. The Hall–Kier alpha value is -1.11. The third-order valence-corrected chi connectivity index (χ3v) is 3.67. The van der Waals surface area contributed by atoms with Crippen LogP contribution in [0, 0.1) is 16.3 Å². The normalized spacial score (nSPS) is 10.7. The highest BCUT2D eigenvalue weighted by molar-refractivity contribution is 14.1. The Morgan fingerprint density at radius 3 is 2.89 bits per heavy atom. The summed E-state index contributed by atoms with van der Waals surface area (Å²) in [5.41, 5.74) is 1.89. The third-order valence-electron chi connectivity index (χ3n) is 2.81. The molecule has 0 spiro atoms.